The SMILES string of the molecule is COc1ccc(C=C2Oc3cc(OCc4c(F)c(F)c(F)c(F)c4F)ccc3C2=O)cc1OC. The Morgan fingerprint density at radius 1 is 0.824 bits per heavy atom. The Labute approximate surface area is 189 Å². The van der Waals surface area contributed by atoms with Crippen LogP contribution in [0.2, 0.25) is 0 Å². The molecule has 176 valence electrons. The number of allylic oxidation sites excluding steroid dienone is 1. The smallest absolute Gasteiger partial charge is 0.231 e. The first-order chi connectivity index (χ1) is 16.2. The maximum absolute atomic E-state index is 13.8. The molecule has 5 nitrogen and oxygen atoms in total. The second-order valence-corrected chi connectivity index (χ2v) is 7.05. The minimum Gasteiger partial charge on any atom is -0.493 e. The summed E-state index contributed by atoms with van der Waals surface area (Å²) in [5.41, 5.74) is -0.324. The van der Waals surface area contributed by atoms with E-state index in [9.17, 15) is 26.7 Å². The first kappa shape index (κ1) is 23.1. The van der Waals surface area contributed by atoms with Crippen LogP contribution < -0.4 is 18.9 Å². The standard InChI is InChI=1S/C24H15F5O5/c1-31-15-6-3-11(7-17(15)32-2)8-18-24(30)13-5-4-12(9-16(13)34-18)33-10-14-19(25)21(27)23(29)22(28)20(14)26/h3-9H,10H2,1-2H3. The predicted octanol–water partition coefficient (Wildman–Crippen LogP) is 5.59. The van der Waals surface area contributed by atoms with E-state index in [1.54, 1.807) is 18.2 Å². The van der Waals surface area contributed by atoms with Crippen LogP contribution in [0.1, 0.15) is 21.5 Å². The fraction of sp³-hybridized carbons (Fsp3) is 0.125. The molecule has 0 N–H and O–H groups in total. The van der Waals surface area contributed by atoms with Gasteiger partial charge in [-0.25, -0.2) is 22.0 Å². The van der Waals surface area contributed by atoms with E-state index in [1.165, 1.54) is 38.5 Å². The fourth-order valence-corrected chi connectivity index (χ4v) is 3.28. The maximum Gasteiger partial charge on any atom is 0.231 e. The van der Waals surface area contributed by atoms with Crippen molar-refractivity contribution in [1.82, 2.24) is 0 Å². The Morgan fingerprint density at radius 3 is 2.12 bits per heavy atom. The fourth-order valence-electron chi connectivity index (χ4n) is 3.28. The summed E-state index contributed by atoms with van der Waals surface area (Å²) in [5, 5.41) is 0. The van der Waals surface area contributed by atoms with Crippen LogP contribution in [0.15, 0.2) is 42.2 Å². The molecule has 0 aromatic heterocycles. The molecular weight excluding hydrogens is 463 g/mol. The lowest BCUT2D eigenvalue weighted by Crippen LogP contribution is -2.09. The quantitative estimate of drug-likeness (QED) is 0.200. The Hall–Kier alpha value is -4.08. The van der Waals surface area contributed by atoms with Gasteiger partial charge in [-0.1, -0.05) is 6.07 Å². The summed E-state index contributed by atoms with van der Waals surface area (Å²) in [6.07, 6.45) is 1.49. The highest BCUT2D eigenvalue weighted by Gasteiger charge is 2.29. The molecule has 0 radical (unpaired) electrons. The molecule has 1 heterocycles. The van der Waals surface area contributed by atoms with Gasteiger partial charge in [0.15, 0.2) is 40.5 Å². The van der Waals surface area contributed by atoms with Crippen LogP contribution in [0.25, 0.3) is 6.08 Å². The van der Waals surface area contributed by atoms with Gasteiger partial charge in [0.2, 0.25) is 11.6 Å². The zero-order valence-electron chi connectivity index (χ0n) is 17.7. The first-order valence-electron chi connectivity index (χ1n) is 9.68. The van der Waals surface area contributed by atoms with Gasteiger partial charge in [-0.2, -0.15) is 0 Å². The lowest BCUT2D eigenvalue weighted by molar-refractivity contribution is 0.101. The van der Waals surface area contributed by atoms with Gasteiger partial charge >= 0.3 is 0 Å². The van der Waals surface area contributed by atoms with Gasteiger partial charge in [-0.15, -0.1) is 0 Å². The number of benzene rings is 3. The van der Waals surface area contributed by atoms with E-state index in [0.29, 0.717) is 17.1 Å². The number of rotatable bonds is 6. The van der Waals surface area contributed by atoms with E-state index in [-0.39, 0.29) is 22.8 Å². The van der Waals surface area contributed by atoms with Crippen LogP contribution in [-0.4, -0.2) is 20.0 Å². The summed E-state index contributed by atoms with van der Waals surface area (Å²) in [4.78, 5) is 12.7. The van der Waals surface area contributed by atoms with Gasteiger partial charge < -0.3 is 18.9 Å². The molecule has 0 bridgehead atoms. The molecular formula is C24H15F5O5. The van der Waals surface area contributed by atoms with Crippen molar-refractivity contribution in [2.75, 3.05) is 14.2 Å². The number of hydrogen-bond acceptors (Lipinski definition) is 5. The molecule has 3 aromatic carbocycles. The summed E-state index contributed by atoms with van der Waals surface area (Å²) in [6.45, 7) is -0.938. The normalized spacial score (nSPS) is 13.6. The lowest BCUT2D eigenvalue weighted by Gasteiger charge is -2.10. The Kier molecular flexibility index (Phi) is 6.14. The van der Waals surface area contributed by atoms with E-state index in [4.69, 9.17) is 18.9 Å². The number of ether oxygens (including phenoxy) is 4. The molecule has 0 unspecified atom stereocenters. The van der Waals surface area contributed by atoms with Crippen LogP contribution in [0.3, 0.4) is 0 Å². The third-order valence-corrected chi connectivity index (χ3v) is 5.03. The molecule has 0 fully saturated rings. The van der Waals surface area contributed by atoms with E-state index in [0.717, 1.165) is 0 Å². The molecule has 0 spiro atoms. The summed E-state index contributed by atoms with van der Waals surface area (Å²) >= 11 is 0. The molecule has 0 amide bonds. The molecule has 0 saturated carbocycles. The van der Waals surface area contributed by atoms with Crippen LogP contribution in [0, 0.1) is 29.1 Å². The summed E-state index contributed by atoms with van der Waals surface area (Å²) in [7, 11) is 2.96. The van der Waals surface area contributed by atoms with Crippen LogP contribution >= 0.6 is 0 Å². The van der Waals surface area contributed by atoms with Crippen molar-refractivity contribution in [1.29, 1.82) is 0 Å². The number of carbonyl (C=O) groups excluding carboxylic acids is 1. The third kappa shape index (κ3) is 4.02. The minimum atomic E-state index is -2.25. The van der Waals surface area contributed by atoms with Crippen molar-refractivity contribution in [2.24, 2.45) is 0 Å². The average molecular weight is 478 g/mol. The maximum atomic E-state index is 13.8. The molecule has 10 heteroatoms. The molecule has 3 aromatic rings. The molecule has 1 aliphatic heterocycles. The van der Waals surface area contributed by atoms with E-state index in [2.05, 4.69) is 0 Å². The molecule has 0 atom stereocenters. The van der Waals surface area contributed by atoms with E-state index < -0.39 is 47.0 Å². The van der Waals surface area contributed by atoms with Crippen molar-refractivity contribution in [3.63, 3.8) is 0 Å². The minimum absolute atomic E-state index is 0.000800. The highest BCUT2D eigenvalue weighted by molar-refractivity contribution is 6.14. The highest BCUT2D eigenvalue weighted by atomic mass is 19.2. The topological polar surface area (TPSA) is 54.0 Å². The number of ketones is 1. The van der Waals surface area contributed by atoms with Crippen molar-refractivity contribution in [3.8, 4) is 23.0 Å². The van der Waals surface area contributed by atoms with Crippen molar-refractivity contribution >= 4 is 11.9 Å². The van der Waals surface area contributed by atoms with Gasteiger partial charge in [0.25, 0.3) is 0 Å². The van der Waals surface area contributed by atoms with Gasteiger partial charge in [-0.3, -0.25) is 4.79 Å². The van der Waals surface area contributed by atoms with E-state index >= 15 is 0 Å². The molecule has 0 saturated heterocycles. The zero-order chi connectivity index (χ0) is 24.6. The van der Waals surface area contributed by atoms with Crippen molar-refractivity contribution < 1.29 is 45.7 Å². The average Bonchev–Trinajstić information content (AvgIpc) is 3.15. The van der Waals surface area contributed by atoms with Gasteiger partial charge in [0.05, 0.1) is 25.3 Å². The summed E-state index contributed by atoms with van der Waals surface area (Å²) in [6, 6.07) is 8.93. The van der Waals surface area contributed by atoms with E-state index in [1.807, 2.05) is 0 Å². The Balaban J connectivity index is 1.55. The van der Waals surface area contributed by atoms with Gasteiger partial charge in [0, 0.05) is 6.07 Å². The van der Waals surface area contributed by atoms with Crippen LogP contribution in [0.5, 0.6) is 23.0 Å². The largest absolute Gasteiger partial charge is 0.493 e. The predicted molar refractivity (Wildman–Crippen MR) is 109 cm³/mol. The molecule has 0 aliphatic carbocycles. The molecule has 34 heavy (non-hydrogen) atoms. The zero-order valence-corrected chi connectivity index (χ0v) is 17.7. The van der Waals surface area contributed by atoms with Crippen molar-refractivity contribution in [3.05, 3.63) is 87.9 Å². The lowest BCUT2D eigenvalue weighted by atomic mass is 10.1. The second-order valence-electron chi connectivity index (χ2n) is 7.05. The first-order valence-corrected chi connectivity index (χ1v) is 9.68. The summed E-state index contributed by atoms with van der Waals surface area (Å²) < 4.78 is 88.8. The highest BCUT2D eigenvalue weighted by Crippen LogP contribution is 2.36. The third-order valence-electron chi connectivity index (χ3n) is 5.03. The number of carbonyl (C=O) groups is 1. The van der Waals surface area contributed by atoms with Gasteiger partial charge in [0.1, 0.15) is 18.1 Å². The number of halogens is 5. The monoisotopic (exact) mass is 478 g/mol. The van der Waals surface area contributed by atoms with Crippen LogP contribution in [0.4, 0.5) is 22.0 Å². The molecule has 1 aliphatic rings. The molecule has 4 rings (SSSR count). The Bertz CT molecular complexity index is 1310. The van der Waals surface area contributed by atoms with Crippen LogP contribution in [-0.2, 0) is 6.61 Å². The number of Topliss-reactive ketones (excluding diaryl/α,β-unsaturated/α-hetero) is 1. The number of fused-ring (bicyclic) bond motifs is 1. The second kappa shape index (κ2) is 9.05. The number of hydrogen-bond donors (Lipinski definition) is 0. The van der Waals surface area contributed by atoms with Gasteiger partial charge in [-0.05, 0) is 35.9 Å². The number of methoxy groups -OCH3 is 2. The Morgan fingerprint density at radius 2 is 1.47 bits per heavy atom. The van der Waals surface area contributed by atoms with Crippen molar-refractivity contribution in [2.45, 2.75) is 6.61 Å². The summed E-state index contributed by atoms with van der Waals surface area (Å²) in [5.74, 6) is -9.73.